The van der Waals surface area contributed by atoms with E-state index in [1.54, 1.807) is 5.10 Å². The zero-order valence-corrected chi connectivity index (χ0v) is 6.62. The van der Waals surface area contributed by atoms with E-state index >= 15 is 0 Å². The number of alkyl halides is 3. The minimum absolute atomic E-state index is 0.000934. The highest BCUT2D eigenvalue weighted by Gasteiger charge is 2.34. The zero-order valence-electron chi connectivity index (χ0n) is 5.87. The van der Waals surface area contributed by atoms with Gasteiger partial charge < -0.3 is 0 Å². The van der Waals surface area contributed by atoms with E-state index in [0.29, 0.717) is 0 Å². The van der Waals surface area contributed by atoms with Crippen LogP contribution in [0.5, 0.6) is 0 Å². The Morgan fingerprint density at radius 1 is 1.50 bits per heavy atom. The minimum atomic E-state index is -4.74. The Bertz CT molecular complexity index is 351. The molecule has 1 rings (SSSR count). The molecule has 0 bridgehead atoms. The van der Waals surface area contributed by atoms with Crippen LogP contribution in [-0.2, 0) is 6.30 Å². The number of nitrogens with one attached hydrogen (secondary N) is 1. The molecule has 0 aliphatic heterocycles. The molecule has 0 fully saturated rings. The number of hydrogen-bond donors (Lipinski definition) is 1. The summed E-state index contributed by atoms with van der Waals surface area (Å²) in [4.78, 5) is 10.7. The van der Waals surface area contributed by atoms with Gasteiger partial charge in [0.2, 0.25) is 0 Å². The molecule has 0 spiro atoms. The Balaban J connectivity index is 3.38. The molecule has 0 saturated carbocycles. The molecule has 1 aromatic heterocycles. The molecule has 3 nitrogen and oxygen atoms in total. The van der Waals surface area contributed by atoms with Crippen LogP contribution in [-0.4, -0.2) is 9.78 Å². The molecule has 1 aromatic rings. The topological polar surface area (TPSA) is 37.8 Å². The summed E-state index contributed by atoms with van der Waals surface area (Å²) in [6.45, 7) is 1.28. The third-order valence-electron chi connectivity index (χ3n) is 1.25. The number of halogens is 4. The van der Waals surface area contributed by atoms with E-state index in [4.69, 9.17) is 11.6 Å². The summed E-state index contributed by atoms with van der Waals surface area (Å²) >= 11 is 5.24. The monoisotopic (exact) mass is 200 g/mol. The normalized spacial score (nSPS) is 12.1. The third kappa shape index (κ3) is 1.34. The average molecular weight is 201 g/mol. The summed E-state index contributed by atoms with van der Waals surface area (Å²) in [6, 6.07) is 0. The van der Waals surface area contributed by atoms with Gasteiger partial charge in [-0.2, -0.15) is 4.68 Å². The summed E-state index contributed by atoms with van der Waals surface area (Å²) in [5.74, 6) is 0. The van der Waals surface area contributed by atoms with Crippen molar-refractivity contribution in [2.45, 2.75) is 13.2 Å². The molecular weight excluding hydrogens is 197 g/mol. The number of H-pyrrole nitrogens is 1. The van der Waals surface area contributed by atoms with Crippen molar-refractivity contribution in [1.29, 1.82) is 0 Å². The molecule has 0 saturated heterocycles. The highest BCUT2D eigenvalue weighted by molar-refractivity contribution is 6.31. The van der Waals surface area contributed by atoms with Crippen LogP contribution in [0.4, 0.5) is 13.2 Å². The van der Waals surface area contributed by atoms with Gasteiger partial charge in [-0.1, -0.05) is 11.6 Å². The van der Waals surface area contributed by atoms with E-state index in [1.165, 1.54) is 6.92 Å². The van der Waals surface area contributed by atoms with E-state index in [-0.39, 0.29) is 5.69 Å². The molecule has 0 radical (unpaired) electrons. The molecular formula is C5H4ClF3N2O. The van der Waals surface area contributed by atoms with Crippen LogP contribution in [0.3, 0.4) is 0 Å². The fourth-order valence-corrected chi connectivity index (χ4v) is 0.831. The van der Waals surface area contributed by atoms with Crippen molar-refractivity contribution in [2.75, 3.05) is 0 Å². The third-order valence-corrected chi connectivity index (χ3v) is 1.70. The van der Waals surface area contributed by atoms with Crippen LogP contribution in [0, 0.1) is 6.92 Å². The first kappa shape index (κ1) is 9.18. The fourth-order valence-electron chi connectivity index (χ4n) is 0.705. The summed E-state index contributed by atoms with van der Waals surface area (Å²) < 4.78 is 35.3. The van der Waals surface area contributed by atoms with Crippen LogP contribution in [0.2, 0.25) is 5.02 Å². The zero-order chi connectivity index (χ0) is 9.52. The van der Waals surface area contributed by atoms with Gasteiger partial charge >= 0.3 is 6.30 Å². The van der Waals surface area contributed by atoms with Gasteiger partial charge in [-0.05, 0) is 6.92 Å². The molecule has 0 amide bonds. The summed E-state index contributed by atoms with van der Waals surface area (Å²) in [6.07, 6.45) is -4.74. The van der Waals surface area contributed by atoms with E-state index in [0.717, 1.165) is 0 Å². The Morgan fingerprint density at radius 2 is 2.00 bits per heavy atom. The van der Waals surface area contributed by atoms with Crippen LogP contribution in [0.15, 0.2) is 4.79 Å². The maximum atomic E-state index is 11.9. The minimum Gasteiger partial charge on any atom is -0.291 e. The second-order valence-electron chi connectivity index (χ2n) is 2.16. The summed E-state index contributed by atoms with van der Waals surface area (Å²) in [5, 5.41) is 1.36. The van der Waals surface area contributed by atoms with Crippen molar-refractivity contribution < 1.29 is 13.2 Å². The van der Waals surface area contributed by atoms with Crippen molar-refractivity contribution in [1.82, 2.24) is 9.78 Å². The van der Waals surface area contributed by atoms with Crippen LogP contribution in [0.25, 0.3) is 0 Å². The first-order chi connectivity index (χ1) is 5.34. The summed E-state index contributed by atoms with van der Waals surface area (Å²) in [5.41, 5.74) is -1.28. The van der Waals surface area contributed by atoms with E-state index in [1.807, 2.05) is 0 Å². The van der Waals surface area contributed by atoms with Gasteiger partial charge in [0.25, 0.3) is 5.56 Å². The Labute approximate surface area is 69.7 Å². The van der Waals surface area contributed by atoms with Crippen molar-refractivity contribution in [3.05, 3.63) is 21.1 Å². The van der Waals surface area contributed by atoms with Crippen molar-refractivity contribution in [3.8, 4) is 0 Å². The smallest absolute Gasteiger partial charge is 0.291 e. The van der Waals surface area contributed by atoms with E-state index in [2.05, 4.69) is 0 Å². The van der Waals surface area contributed by atoms with Crippen molar-refractivity contribution >= 4 is 11.6 Å². The highest BCUT2D eigenvalue weighted by atomic mass is 35.5. The SMILES string of the molecule is Cc1[nH]n(C(F)(F)F)c(=O)c1Cl. The van der Waals surface area contributed by atoms with Gasteiger partial charge in [-0.15, -0.1) is 13.2 Å². The van der Waals surface area contributed by atoms with Crippen LogP contribution in [0.1, 0.15) is 5.69 Å². The predicted molar refractivity (Wildman–Crippen MR) is 36.1 cm³/mol. The fraction of sp³-hybridized carbons (Fsp3) is 0.400. The van der Waals surface area contributed by atoms with Gasteiger partial charge in [-0.3, -0.25) is 9.89 Å². The number of hydrogen-bond acceptors (Lipinski definition) is 1. The second kappa shape index (κ2) is 2.55. The largest absolute Gasteiger partial charge is 0.506 e. The standard InChI is InChI=1S/C5H4ClF3N2O/c1-2-3(6)4(12)11(10-2)5(7,8)9/h10H,1H3. The molecule has 0 aliphatic rings. The van der Waals surface area contributed by atoms with Crippen LogP contribution >= 0.6 is 11.6 Å². The van der Waals surface area contributed by atoms with Crippen molar-refractivity contribution in [3.63, 3.8) is 0 Å². The molecule has 0 aliphatic carbocycles. The summed E-state index contributed by atoms with van der Waals surface area (Å²) in [7, 11) is 0. The molecule has 0 aromatic carbocycles. The Kier molecular flexibility index (Phi) is 1.95. The lowest BCUT2D eigenvalue weighted by Crippen LogP contribution is -2.29. The van der Waals surface area contributed by atoms with Gasteiger partial charge in [0.15, 0.2) is 0 Å². The molecule has 68 valence electrons. The average Bonchev–Trinajstić information content (AvgIpc) is 2.15. The molecule has 1 heterocycles. The molecule has 12 heavy (non-hydrogen) atoms. The molecule has 7 heteroatoms. The lowest BCUT2D eigenvalue weighted by atomic mass is 10.5. The predicted octanol–water partition coefficient (Wildman–Crippen LogP) is 1.61. The van der Waals surface area contributed by atoms with Gasteiger partial charge in [0, 0.05) is 0 Å². The maximum absolute atomic E-state index is 11.9. The number of aromatic amines is 1. The number of aryl methyl sites for hydroxylation is 1. The Morgan fingerprint density at radius 3 is 2.17 bits per heavy atom. The lowest BCUT2D eigenvalue weighted by Gasteiger charge is -2.04. The van der Waals surface area contributed by atoms with Gasteiger partial charge in [0.1, 0.15) is 5.02 Å². The quantitative estimate of drug-likeness (QED) is 0.679. The van der Waals surface area contributed by atoms with Crippen molar-refractivity contribution in [2.24, 2.45) is 0 Å². The molecule has 0 atom stereocenters. The number of rotatable bonds is 0. The van der Waals surface area contributed by atoms with Gasteiger partial charge in [-0.25, -0.2) is 0 Å². The van der Waals surface area contributed by atoms with E-state index in [9.17, 15) is 18.0 Å². The van der Waals surface area contributed by atoms with E-state index < -0.39 is 21.6 Å². The van der Waals surface area contributed by atoms with Gasteiger partial charge in [0.05, 0.1) is 5.69 Å². The first-order valence-corrected chi connectivity index (χ1v) is 3.26. The van der Waals surface area contributed by atoms with Crippen LogP contribution < -0.4 is 5.56 Å². The lowest BCUT2D eigenvalue weighted by molar-refractivity contribution is -0.214. The number of nitrogens with zero attached hydrogens (tertiary/aromatic N) is 1. The molecule has 0 unspecified atom stereocenters. The number of aromatic nitrogens is 2. The molecule has 1 N–H and O–H groups in total. The highest BCUT2D eigenvalue weighted by Crippen LogP contribution is 2.20. The Hall–Kier alpha value is -0.910. The first-order valence-electron chi connectivity index (χ1n) is 2.88. The maximum Gasteiger partial charge on any atom is 0.506 e. The second-order valence-corrected chi connectivity index (χ2v) is 2.54.